The molecule has 1 aliphatic carbocycles. The first-order valence-corrected chi connectivity index (χ1v) is 6.86. The number of benzene rings is 1. The van der Waals surface area contributed by atoms with Crippen molar-refractivity contribution in [1.82, 2.24) is 9.97 Å². The van der Waals surface area contributed by atoms with Gasteiger partial charge >= 0.3 is 0 Å². The van der Waals surface area contributed by atoms with E-state index >= 15 is 0 Å². The molecule has 5 nitrogen and oxygen atoms in total. The Bertz CT molecular complexity index is 616. The summed E-state index contributed by atoms with van der Waals surface area (Å²) in [7, 11) is 0. The lowest BCUT2D eigenvalue weighted by molar-refractivity contribution is -0.117. The number of hydrogen-bond donors (Lipinski definition) is 3. The number of imidazole rings is 1. The van der Waals surface area contributed by atoms with Gasteiger partial charge in [0.25, 0.3) is 0 Å². The van der Waals surface area contributed by atoms with Crippen LogP contribution in [0.1, 0.15) is 24.2 Å². The third kappa shape index (κ3) is 2.99. The van der Waals surface area contributed by atoms with E-state index in [2.05, 4.69) is 20.6 Å². The first-order chi connectivity index (χ1) is 9.72. The zero-order chi connectivity index (χ0) is 13.9. The topological polar surface area (TPSA) is 69.8 Å². The quantitative estimate of drug-likeness (QED) is 0.782. The molecule has 1 amide bonds. The van der Waals surface area contributed by atoms with Crippen LogP contribution in [0.3, 0.4) is 0 Å². The SMILES string of the molecule is Cc1[nH]cnc1CNc1cccc(NC(=O)C2CC2)c1. The van der Waals surface area contributed by atoms with Crippen LogP contribution in [0.25, 0.3) is 0 Å². The van der Waals surface area contributed by atoms with Gasteiger partial charge in [-0.1, -0.05) is 6.07 Å². The fraction of sp³-hybridized carbons (Fsp3) is 0.333. The van der Waals surface area contributed by atoms with Gasteiger partial charge in [-0.3, -0.25) is 4.79 Å². The van der Waals surface area contributed by atoms with Crippen LogP contribution < -0.4 is 10.6 Å². The fourth-order valence-corrected chi connectivity index (χ4v) is 2.05. The zero-order valence-electron chi connectivity index (χ0n) is 11.4. The second kappa shape index (κ2) is 5.36. The van der Waals surface area contributed by atoms with Crippen LogP contribution in [0.4, 0.5) is 11.4 Å². The molecule has 1 fully saturated rings. The molecule has 1 saturated carbocycles. The van der Waals surface area contributed by atoms with E-state index < -0.39 is 0 Å². The van der Waals surface area contributed by atoms with Crippen LogP contribution in [0, 0.1) is 12.8 Å². The highest BCUT2D eigenvalue weighted by Gasteiger charge is 2.29. The van der Waals surface area contributed by atoms with E-state index in [0.29, 0.717) is 6.54 Å². The molecule has 0 saturated heterocycles. The van der Waals surface area contributed by atoms with Gasteiger partial charge in [-0.2, -0.15) is 0 Å². The number of anilines is 2. The highest BCUT2D eigenvalue weighted by atomic mass is 16.2. The summed E-state index contributed by atoms with van der Waals surface area (Å²) < 4.78 is 0. The molecule has 0 aliphatic heterocycles. The summed E-state index contributed by atoms with van der Waals surface area (Å²) in [6.45, 7) is 2.66. The van der Waals surface area contributed by atoms with Crippen LogP contribution in [-0.2, 0) is 11.3 Å². The number of nitrogens with one attached hydrogen (secondary N) is 3. The molecule has 1 aliphatic rings. The standard InChI is InChI=1S/C15H18N4O/c1-10-14(18-9-17-10)8-16-12-3-2-4-13(7-12)19-15(20)11-5-6-11/h2-4,7,9,11,16H,5-6,8H2,1H3,(H,17,18)(H,19,20). The molecule has 20 heavy (non-hydrogen) atoms. The molecule has 0 spiro atoms. The summed E-state index contributed by atoms with van der Waals surface area (Å²) >= 11 is 0. The van der Waals surface area contributed by atoms with Crippen LogP contribution in [-0.4, -0.2) is 15.9 Å². The van der Waals surface area contributed by atoms with E-state index in [-0.39, 0.29) is 11.8 Å². The highest BCUT2D eigenvalue weighted by molar-refractivity contribution is 5.94. The molecule has 2 aromatic rings. The predicted octanol–water partition coefficient (Wildman–Crippen LogP) is 2.68. The van der Waals surface area contributed by atoms with E-state index in [1.807, 2.05) is 31.2 Å². The van der Waals surface area contributed by atoms with Crippen molar-refractivity contribution in [2.24, 2.45) is 5.92 Å². The molecule has 104 valence electrons. The number of nitrogens with zero attached hydrogens (tertiary/aromatic N) is 1. The lowest BCUT2D eigenvalue weighted by Crippen LogP contribution is -2.13. The summed E-state index contributed by atoms with van der Waals surface area (Å²) in [5.74, 6) is 0.351. The Morgan fingerprint density at radius 3 is 2.90 bits per heavy atom. The van der Waals surface area contributed by atoms with Crippen molar-refractivity contribution in [3.63, 3.8) is 0 Å². The predicted molar refractivity (Wildman–Crippen MR) is 78.4 cm³/mol. The average molecular weight is 270 g/mol. The van der Waals surface area contributed by atoms with Crippen LogP contribution >= 0.6 is 0 Å². The van der Waals surface area contributed by atoms with Gasteiger partial charge in [0.15, 0.2) is 0 Å². The average Bonchev–Trinajstić information content (AvgIpc) is 3.21. The van der Waals surface area contributed by atoms with Gasteiger partial charge in [-0.05, 0) is 38.0 Å². The summed E-state index contributed by atoms with van der Waals surface area (Å²) in [4.78, 5) is 19.0. The maximum Gasteiger partial charge on any atom is 0.227 e. The van der Waals surface area contributed by atoms with Gasteiger partial charge in [0.2, 0.25) is 5.91 Å². The van der Waals surface area contributed by atoms with Crippen molar-refractivity contribution < 1.29 is 4.79 Å². The highest BCUT2D eigenvalue weighted by Crippen LogP contribution is 2.30. The third-order valence-electron chi connectivity index (χ3n) is 3.47. The Kier molecular flexibility index (Phi) is 3.41. The minimum Gasteiger partial charge on any atom is -0.379 e. The van der Waals surface area contributed by atoms with E-state index in [1.165, 1.54) is 0 Å². The van der Waals surface area contributed by atoms with Crippen molar-refractivity contribution in [3.8, 4) is 0 Å². The Morgan fingerprint density at radius 2 is 2.20 bits per heavy atom. The van der Waals surface area contributed by atoms with E-state index in [9.17, 15) is 4.79 Å². The monoisotopic (exact) mass is 270 g/mol. The number of carbonyl (C=O) groups excluding carboxylic acids is 1. The summed E-state index contributed by atoms with van der Waals surface area (Å²) in [5, 5.41) is 6.26. The van der Waals surface area contributed by atoms with Crippen molar-refractivity contribution in [3.05, 3.63) is 42.0 Å². The number of amides is 1. The molecule has 1 aromatic heterocycles. The van der Waals surface area contributed by atoms with Gasteiger partial charge in [0, 0.05) is 23.0 Å². The normalized spacial score (nSPS) is 14.1. The number of aromatic nitrogens is 2. The van der Waals surface area contributed by atoms with Gasteiger partial charge in [-0.15, -0.1) is 0 Å². The molecular formula is C15H18N4O. The molecule has 3 N–H and O–H groups in total. The molecule has 3 rings (SSSR count). The van der Waals surface area contributed by atoms with Crippen LogP contribution in [0.15, 0.2) is 30.6 Å². The molecule has 0 atom stereocenters. The molecule has 0 unspecified atom stereocenters. The molecular weight excluding hydrogens is 252 g/mol. The van der Waals surface area contributed by atoms with Crippen LogP contribution in [0.2, 0.25) is 0 Å². The molecule has 1 heterocycles. The molecule has 0 radical (unpaired) electrons. The second-order valence-corrected chi connectivity index (χ2v) is 5.17. The van der Waals surface area contributed by atoms with Crippen molar-refractivity contribution in [2.45, 2.75) is 26.3 Å². The number of carbonyl (C=O) groups is 1. The summed E-state index contributed by atoms with van der Waals surface area (Å²) in [6, 6.07) is 7.77. The number of hydrogen-bond acceptors (Lipinski definition) is 3. The van der Waals surface area contributed by atoms with Gasteiger partial charge in [-0.25, -0.2) is 4.98 Å². The number of rotatable bonds is 5. The Hall–Kier alpha value is -2.30. The van der Waals surface area contributed by atoms with Crippen molar-refractivity contribution in [1.29, 1.82) is 0 Å². The Balaban J connectivity index is 1.62. The second-order valence-electron chi connectivity index (χ2n) is 5.17. The fourth-order valence-electron chi connectivity index (χ4n) is 2.05. The van der Waals surface area contributed by atoms with Crippen molar-refractivity contribution in [2.75, 3.05) is 10.6 Å². The summed E-state index contributed by atoms with van der Waals surface area (Å²) in [6.07, 6.45) is 3.73. The molecule has 1 aromatic carbocycles. The molecule has 5 heteroatoms. The number of H-pyrrole nitrogens is 1. The van der Waals surface area contributed by atoms with E-state index in [0.717, 1.165) is 35.6 Å². The third-order valence-corrected chi connectivity index (χ3v) is 3.47. The number of aromatic amines is 1. The summed E-state index contributed by atoms with van der Waals surface area (Å²) in [5.41, 5.74) is 3.87. The minimum absolute atomic E-state index is 0.130. The maximum atomic E-state index is 11.7. The first-order valence-electron chi connectivity index (χ1n) is 6.86. The van der Waals surface area contributed by atoms with Gasteiger partial charge in [0.05, 0.1) is 18.6 Å². The lowest BCUT2D eigenvalue weighted by atomic mass is 10.2. The van der Waals surface area contributed by atoms with Crippen LogP contribution in [0.5, 0.6) is 0 Å². The largest absolute Gasteiger partial charge is 0.379 e. The van der Waals surface area contributed by atoms with Gasteiger partial charge in [0.1, 0.15) is 0 Å². The zero-order valence-corrected chi connectivity index (χ0v) is 11.4. The smallest absolute Gasteiger partial charge is 0.227 e. The Morgan fingerprint density at radius 1 is 1.40 bits per heavy atom. The maximum absolute atomic E-state index is 11.7. The van der Waals surface area contributed by atoms with E-state index in [1.54, 1.807) is 6.33 Å². The first kappa shape index (κ1) is 12.7. The minimum atomic E-state index is 0.130. The Labute approximate surface area is 117 Å². The van der Waals surface area contributed by atoms with Crippen molar-refractivity contribution >= 4 is 17.3 Å². The lowest BCUT2D eigenvalue weighted by Gasteiger charge is -2.09. The van der Waals surface area contributed by atoms with E-state index in [4.69, 9.17) is 0 Å². The molecule has 0 bridgehead atoms. The van der Waals surface area contributed by atoms with Gasteiger partial charge < -0.3 is 15.6 Å². The number of aryl methyl sites for hydroxylation is 1.